The lowest BCUT2D eigenvalue weighted by Gasteiger charge is -2.39. The largest absolute Gasteiger partial charge is 0.489 e. The van der Waals surface area contributed by atoms with E-state index in [-0.39, 0.29) is 12.4 Å². The fourth-order valence-electron chi connectivity index (χ4n) is 5.50. The van der Waals surface area contributed by atoms with Crippen LogP contribution in [0, 0.1) is 0 Å². The number of aliphatic carboxylic acids is 1. The topological polar surface area (TPSA) is 148 Å². The summed E-state index contributed by atoms with van der Waals surface area (Å²) in [4.78, 5) is 36.5. The van der Waals surface area contributed by atoms with Crippen molar-refractivity contribution in [3.05, 3.63) is 64.2 Å². The number of amides is 1. The molecule has 5 N–H and O–H groups in total. The zero-order valence-electron chi connectivity index (χ0n) is 22.2. The van der Waals surface area contributed by atoms with Gasteiger partial charge in [0.25, 0.3) is 0 Å². The Labute approximate surface area is 237 Å². The zero-order chi connectivity index (χ0) is 28.2. The highest BCUT2D eigenvalue weighted by molar-refractivity contribution is 6.30. The lowest BCUT2D eigenvalue weighted by atomic mass is 9.88. The van der Waals surface area contributed by atoms with E-state index in [1.54, 1.807) is 0 Å². The number of aromatic nitrogens is 2. The number of ether oxygens (including phenoxy) is 1. The number of carbonyl (C=O) groups excluding carboxylic acids is 1. The van der Waals surface area contributed by atoms with Crippen molar-refractivity contribution in [2.75, 3.05) is 36.8 Å². The van der Waals surface area contributed by atoms with Crippen LogP contribution in [0.5, 0.6) is 5.75 Å². The Kier molecular flexibility index (Phi) is 8.37. The van der Waals surface area contributed by atoms with E-state index in [9.17, 15) is 9.59 Å². The molecule has 3 aromatic rings. The van der Waals surface area contributed by atoms with Crippen LogP contribution >= 0.6 is 11.6 Å². The Balaban J connectivity index is 1.29. The number of hydrogen-bond acceptors (Lipinski definition) is 8. The van der Waals surface area contributed by atoms with Crippen LogP contribution in [0.2, 0.25) is 5.02 Å². The van der Waals surface area contributed by atoms with Gasteiger partial charge in [0, 0.05) is 48.7 Å². The lowest BCUT2D eigenvalue weighted by Crippen LogP contribution is -2.54. The maximum atomic E-state index is 12.1. The first kappa shape index (κ1) is 27.7. The molecule has 40 heavy (non-hydrogen) atoms. The highest BCUT2D eigenvalue weighted by Crippen LogP contribution is 2.38. The number of nitrogens with two attached hydrogens (primary N) is 2. The predicted octanol–water partition coefficient (Wildman–Crippen LogP) is 3.29. The minimum atomic E-state index is -0.873. The van der Waals surface area contributed by atoms with E-state index in [1.165, 1.54) is 0 Å². The second-order valence-electron chi connectivity index (χ2n) is 10.2. The van der Waals surface area contributed by atoms with E-state index in [0.29, 0.717) is 50.7 Å². The normalized spacial score (nSPS) is 15.7. The molecule has 1 saturated heterocycles. The summed E-state index contributed by atoms with van der Waals surface area (Å²) in [6.45, 7) is 2.98. The molecule has 0 radical (unpaired) electrons. The van der Waals surface area contributed by atoms with Crippen LogP contribution < -0.4 is 21.1 Å². The number of carbonyl (C=O) groups is 2. The van der Waals surface area contributed by atoms with Crippen LogP contribution in [-0.2, 0) is 29.0 Å². The molecule has 2 heterocycles. The molecule has 0 spiro atoms. The molecule has 1 aromatic heterocycles. The number of nitrogens with zero attached hydrogens (tertiary/aromatic N) is 4. The van der Waals surface area contributed by atoms with Crippen molar-refractivity contribution >= 4 is 35.2 Å². The Morgan fingerprint density at radius 3 is 2.50 bits per heavy atom. The molecule has 0 bridgehead atoms. The lowest BCUT2D eigenvalue weighted by molar-refractivity contribution is -0.137. The van der Waals surface area contributed by atoms with Crippen molar-refractivity contribution in [3.8, 4) is 17.0 Å². The van der Waals surface area contributed by atoms with Crippen molar-refractivity contribution in [3.63, 3.8) is 0 Å². The molecule has 1 fully saturated rings. The quantitative estimate of drug-likeness (QED) is 0.337. The Morgan fingerprint density at radius 1 is 1.05 bits per heavy atom. The summed E-state index contributed by atoms with van der Waals surface area (Å²) in [6, 6.07) is 13.2. The Hall–Kier alpha value is -3.89. The molecule has 5 rings (SSSR count). The molecule has 1 amide bonds. The Morgan fingerprint density at radius 2 is 1.80 bits per heavy atom. The molecule has 1 atom stereocenters. The summed E-state index contributed by atoms with van der Waals surface area (Å²) in [5.41, 5.74) is 17.0. The number of carboxylic acids is 1. The molecule has 0 saturated carbocycles. The van der Waals surface area contributed by atoms with Gasteiger partial charge in [-0.25, -0.2) is 4.98 Å². The van der Waals surface area contributed by atoms with E-state index in [4.69, 9.17) is 32.9 Å². The number of piperazine rings is 1. The number of fused-ring (bicyclic) bond motifs is 3. The van der Waals surface area contributed by atoms with Crippen molar-refractivity contribution in [2.45, 2.75) is 44.8 Å². The Bertz CT molecular complexity index is 1390. The summed E-state index contributed by atoms with van der Waals surface area (Å²) < 4.78 is 6.04. The number of primary amides is 1. The van der Waals surface area contributed by atoms with Crippen LogP contribution in [0.25, 0.3) is 11.3 Å². The molecule has 2 aliphatic rings. The van der Waals surface area contributed by atoms with Gasteiger partial charge in [0.05, 0.1) is 11.7 Å². The van der Waals surface area contributed by atoms with Gasteiger partial charge in [-0.15, -0.1) is 0 Å². The second kappa shape index (κ2) is 12.1. The van der Waals surface area contributed by atoms with Crippen LogP contribution in [0.3, 0.4) is 0 Å². The van der Waals surface area contributed by atoms with Gasteiger partial charge < -0.3 is 26.2 Å². The number of halogens is 1. The minimum absolute atomic E-state index is 0.0214. The van der Waals surface area contributed by atoms with E-state index in [0.717, 1.165) is 52.4 Å². The predicted molar refractivity (Wildman–Crippen MR) is 153 cm³/mol. The van der Waals surface area contributed by atoms with Crippen molar-refractivity contribution in [2.24, 2.45) is 5.73 Å². The molecular weight excluding hydrogens is 532 g/mol. The highest BCUT2D eigenvalue weighted by atomic mass is 35.5. The third-order valence-electron chi connectivity index (χ3n) is 7.55. The number of benzene rings is 2. The number of anilines is 2. The van der Waals surface area contributed by atoms with Gasteiger partial charge in [0.1, 0.15) is 18.2 Å². The van der Waals surface area contributed by atoms with Gasteiger partial charge in [-0.3, -0.25) is 14.5 Å². The first-order valence-corrected chi connectivity index (χ1v) is 13.8. The number of hydrogen-bond donors (Lipinski definition) is 3. The third-order valence-corrected chi connectivity index (χ3v) is 7.80. The first-order chi connectivity index (χ1) is 19.3. The molecule has 1 unspecified atom stereocenters. The maximum Gasteiger partial charge on any atom is 0.303 e. The molecule has 2 aromatic carbocycles. The first-order valence-electron chi connectivity index (χ1n) is 13.5. The molecule has 210 valence electrons. The average Bonchev–Trinajstić information content (AvgIpc) is 2.94. The fraction of sp³-hybridized carbons (Fsp3) is 0.379. The minimum Gasteiger partial charge on any atom is -0.489 e. The molecule has 1 aliphatic heterocycles. The number of nitrogen functional groups attached to an aromatic ring is 1. The summed E-state index contributed by atoms with van der Waals surface area (Å²) in [5.74, 6) is 0.550. The molecule has 10 nitrogen and oxygen atoms in total. The number of carboxylic acid groups (broad SMARTS) is 1. The molecule has 11 heteroatoms. The standard InChI is InChI=1S/C29H33ClN6O4/c30-20-7-4-18(5-8-20)17-40-21-9-11-22-19(16-21)6-10-23-26(22)33-29(32)34-28(23)36-14-12-35(13-15-36)24(27(31)39)2-1-3-25(37)38/h4-5,7-9,11,16,24H,1-3,6,10,12-15,17H2,(H2,31,39)(H,37,38)(H2,32,33,34). The van der Waals surface area contributed by atoms with Crippen molar-refractivity contribution in [1.82, 2.24) is 14.9 Å². The van der Waals surface area contributed by atoms with Gasteiger partial charge in [0.15, 0.2) is 0 Å². The molecular formula is C29H33ClN6O4. The average molecular weight is 565 g/mol. The van der Waals surface area contributed by atoms with Crippen LogP contribution in [0.15, 0.2) is 42.5 Å². The fourth-order valence-corrected chi connectivity index (χ4v) is 5.63. The van der Waals surface area contributed by atoms with Gasteiger partial charge in [-0.05, 0) is 67.1 Å². The number of rotatable bonds is 10. The van der Waals surface area contributed by atoms with Gasteiger partial charge in [-0.2, -0.15) is 4.98 Å². The SMILES string of the molecule is NC(=O)C(CCCC(=O)O)N1CCN(c2nc(N)nc3c2CCc2cc(OCc4ccc(Cl)cc4)ccc2-3)CC1. The van der Waals surface area contributed by atoms with E-state index >= 15 is 0 Å². The van der Waals surface area contributed by atoms with Crippen LogP contribution in [-0.4, -0.2) is 64.1 Å². The second-order valence-corrected chi connectivity index (χ2v) is 10.6. The van der Waals surface area contributed by atoms with Crippen LogP contribution in [0.4, 0.5) is 11.8 Å². The number of aryl methyl sites for hydroxylation is 1. The van der Waals surface area contributed by atoms with Crippen LogP contribution in [0.1, 0.15) is 36.0 Å². The molecule has 1 aliphatic carbocycles. The van der Waals surface area contributed by atoms with E-state index in [2.05, 4.69) is 20.9 Å². The smallest absolute Gasteiger partial charge is 0.303 e. The summed E-state index contributed by atoms with van der Waals surface area (Å²) in [5, 5.41) is 9.63. The summed E-state index contributed by atoms with van der Waals surface area (Å²) in [7, 11) is 0. The van der Waals surface area contributed by atoms with Gasteiger partial charge in [-0.1, -0.05) is 23.7 Å². The summed E-state index contributed by atoms with van der Waals surface area (Å²) >= 11 is 5.98. The van der Waals surface area contributed by atoms with Crippen molar-refractivity contribution < 1.29 is 19.4 Å². The highest BCUT2D eigenvalue weighted by Gasteiger charge is 2.31. The summed E-state index contributed by atoms with van der Waals surface area (Å²) in [6.07, 6.45) is 2.46. The van der Waals surface area contributed by atoms with Gasteiger partial charge >= 0.3 is 5.97 Å². The van der Waals surface area contributed by atoms with E-state index < -0.39 is 17.9 Å². The zero-order valence-corrected chi connectivity index (χ0v) is 22.9. The van der Waals surface area contributed by atoms with Crippen molar-refractivity contribution in [1.29, 1.82) is 0 Å². The van der Waals surface area contributed by atoms with E-state index in [1.807, 2.05) is 41.3 Å². The van der Waals surface area contributed by atoms with Gasteiger partial charge in [0.2, 0.25) is 11.9 Å². The third kappa shape index (κ3) is 6.29. The maximum absolute atomic E-state index is 12.1. The monoisotopic (exact) mass is 564 g/mol.